The second-order valence-corrected chi connectivity index (χ2v) is 7.82. The molecule has 1 aromatic heterocycles. The van der Waals surface area contributed by atoms with Crippen molar-refractivity contribution < 1.29 is 18.6 Å². The number of carbonyl (C=O) groups is 1. The van der Waals surface area contributed by atoms with Crippen LogP contribution in [0, 0.1) is 12.7 Å². The van der Waals surface area contributed by atoms with Gasteiger partial charge in [-0.1, -0.05) is 35.0 Å². The highest BCUT2D eigenvalue weighted by Crippen LogP contribution is 2.16. The normalized spacial score (nSPS) is 14.8. The number of hydrogen-bond donors (Lipinski definition) is 1. The van der Waals surface area contributed by atoms with Gasteiger partial charge in [0.05, 0.1) is 26.2 Å². The van der Waals surface area contributed by atoms with E-state index in [4.69, 9.17) is 4.52 Å². The quantitative estimate of drug-likeness (QED) is 0.677. The highest BCUT2D eigenvalue weighted by molar-refractivity contribution is 5.76. The van der Waals surface area contributed by atoms with Crippen LogP contribution in [0.5, 0.6) is 0 Å². The van der Waals surface area contributed by atoms with Crippen molar-refractivity contribution in [1.29, 1.82) is 0 Å². The van der Waals surface area contributed by atoms with Gasteiger partial charge in [-0.25, -0.2) is 4.39 Å². The van der Waals surface area contributed by atoms with Crippen molar-refractivity contribution in [2.45, 2.75) is 26.3 Å². The molecule has 0 spiro atoms. The highest BCUT2D eigenvalue weighted by Gasteiger charge is 2.24. The first-order valence-corrected chi connectivity index (χ1v) is 10.3. The van der Waals surface area contributed by atoms with Gasteiger partial charge in [-0.2, -0.15) is 4.98 Å². The molecule has 0 unspecified atom stereocenters. The Balaban J connectivity index is 1.24. The van der Waals surface area contributed by atoms with E-state index in [1.165, 1.54) is 28.2 Å². The Labute approximate surface area is 175 Å². The molecule has 0 saturated carbocycles. The Kier molecular flexibility index (Phi) is 6.18. The monoisotopic (exact) mass is 409 g/mol. The molecule has 3 aromatic rings. The Morgan fingerprint density at radius 1 is 1.17 bits per heavy atom. The zero-order valence-corrected chi connectivity index (χ0v) is 17.1. The van der Waals surface area contributed by atoms with Crippen LogP contribution in [0.15, 0.2) is 53.1 Å². The lowest BCUT2D eigenvalue weighted by Gasteiger charge is -2.32. The molecule has 1 aliphatic rings. The van der Waals surface area contributed by atoms with Gasteiger partial charge >= 0.3 is 0 Å². The third kappa shape index (κ3) is 5.10. The highest BCUT2D eigenvalue weighted by atomic mass is 19.1. The number of halogens is 1. The summed E-state index contributed by atoms with van der Waals surface area (Å²) in [5, 5.41) is 3.93. The van der Waals surface area contributed by atoms with Crippen LogP contribution in [0.4, 0.5) is 4.39 Å². The Bertz CT molecular complexity index is 994. The molecule has 156 valence electrons. The minimum Gasteiger partial charge on any atom is -0.339 e. The van der Waals surface area contributed by atoms with Crippen LogP contribution in [0.3, 0.4) is 0 Å². The van der Waals surface area contributed by atoms with Crippen LogP contribution in [0.2, 0.25) is 0 Å². The van der Waals surface area contributed by atoms with Gasteiger partial charge in [0.15, 0.2) is 0 Å². The van der Waals surface area contributed by atoms with Gasteiger partial charge in [-0.3, -0.25) is 4.79 Å². The summed E-state index contributed by atoms with van der Waals surface area (Å²) < 4.78 is 18.3. The second-order valence-electron chi connectivity index (χ2n) is 7.82. The molecular weight excluding hydrogens is 383 g/mol. The lowest BCUT2D eigenvalue weighted by atomic mass is 10.1. The van der Waals surface area contributed by atoms with Gasteiger partial charge in [0.1, 0.15) is 12.4 Å². The van der Waals surface area contributed by atoms with Gasteiger partial charge < -0.3 is 14.3 Å². The maximum atomic E-state index is 13.0. The molecule has 0 bridgehead atoms. The third-order valence-electron chi connectivity index (χ3n) is 5.48. The number of benzene rings is 2. The molecular formula is C23H26FN4O2+. The Morgan fingerprint density at radius 3 is 2.67 bits per heavy atom. The molecule has 1 fully saturated rings. The molecule has 1 aliphatic heterocycles. The Morgan fingerprint density at radius 2 is 1.93 bits per heavy atom. The molecule has 2 heterocycles. The van der Waals surface area contributed by atoms with E-state index in [0.717, 1.165) is 32.7 Å². The molecule has 4 rings (SSSR count). The molecule has 0 atom stereocenters. The van der Waals surface area contributed by atoms with Crippen molar-refractivity contribution in [2.75, 3.05) is 26.2 Å². The van der Waals surface area contributed by atoms with E-state index in [1.807, 2.05) is 4.90 Å². The van der Waals surface area contributed by atoms with Gasteiger partial charge in [-0.15, -0.1) is 0 Å². The van der Waals surface area contributed by atoms with Gasteiger partial charge in [0.25, 0.3) is 0 Å². The number of amides is 1. The molecule has 2 aromatic carbocycles. The fourth-order valence-corrected chi connectivity index (χ4v) is 3.80. The largest absolute Gasteiger partial charge is 0.339 e. The second kappa shape index (κ2) is 9.17. The number of carbonyl (C=O) groups excluding carboxylic acids is 1. The maximum Gasteiger partial charge on any atom is 0.227 e. The van der Waals surface area contributed by atoms with Crippen molar-refractivity contribution >= 4 is 5.91 Å². The Hall–Kier alpha value is -3.06. The van der Waals surface area contributed by atoms with E-state index >= 15 is 0 Å². The minimum absolute atomic E-state index is 0.117. The van der Waals surface area contributed by atoms with E-state index in [9.17, 15) is 9.18 Å². The summed E-state index contributed by atoms with van der Waals surface area (Å²) in [6.45, 7) is 6.55. The van der Waals surface area contributed by atoms with Crippen LogP contribution >= 0.6 is 0 Å². The average molecular weight is 409 g/mol. The molecule has 0 radical (unpaired) electrons. The lowest BCUT2D eigenvalue weighted by molar-refractivity contribution is -0.917. The summed E-state index contributed by atoms with van der Waals surface area (Å²) in [5.74, 6) is 0.636. The predicted molar refractivity (Wildman–Crippen MR) is 110 cm³/mol. The number of hydrogen-bond acceptors (Lipinski definition) is 4. The number of quaternary nitrogens is 1. The molecule has 6 nitrogen and oxygen atoms in total. The predicted octanol–water partition coefficient (Wildman–Crippen LogP) is 2.04. The van der Waals surface area contributed by atoms with Gasteiger partial charge in [-0.05, 0) is 31.2 Å². The first-order valence-electron chi connectivity index (χ1n) is 10.3. The summed E-state index contributed by atoms with van der Waals surface area (Å²) in [7, 11) is 0. The molecule has 1 saturated heterocycles. The summed E-state index contributed by atoms with van der Waals surface area (Å²) in [4.78, 5) is 20.3. The van der Waals surface area contributed by atoms with E-state index in [2.05, 4.69) is 41.3 Å². The van der Waals surface area contributed by atoms with Crippen LogP contribution < -0.4 is 4.90 Å². The minimum atomic E-state index is -0.311. The molecule has 30 heavy (non-hydrogen) atoms. The standard InChI is InChI=1S/C23H25FN4O2/c1-17-3-2-4-18(15-17)16-27-11-13-28(14-12-27)22(29)10-9-21-25-23(26-30-21)19-5-7-20(24)8-6-19/h2-8,15H,9-14,16H2,1H3/p+1. The maximum absolute atomic E-state index is 13.0. The molecule has 1 amide bonds. The number of rotatable bonds is 6. The first kappa shape index (κ1) is 20.2. The summed E-state index contributed by atoms with van der Waals surface area (Å²) in [5.41, 5.74) is 3.31. The summed E-state index contributed by atoms with van der Waals surface area (Å²) in [6.07, 6.45) is 0.752. The average Bonchev–Trinajstić information content (AvgIpc) is 3.22. The van der Waals surface area contributed by atoms with Gasteiger partial charge in [0.2, 0.25) is 17.6 Å². The fraction of sp³-hybridized carbons (Fsp3) is 0.348. The lowest BCUT2D eigenvalue weighted by Crippen LogP contribution is -3.13. The van der Waals surface area contributed by atoms with Crippen molar-refractivity contribution in [3.8, 4) is 11.4 Å². The van der Waals surface area contributed by atoms with Gasteiger partial charge in [0, 0.05) is 24.0 Å². The van der Waals surface area contributed by atoms with Crippen molar-refractivity contribution in [1.82, 2.24) is 15.0 Å². The first-order chi connectivity index (χ1) is 14.6. The number of aryl methyl sites for hydroxylation is 2. The topological polar surface area (TPSA) is 63.7 Å². The van der Waals surface area contributed by atoms with Crippen LogP contribution in [0.25, 0.3) is 11.4 Å². The van der Waals surface area contributed by atoms with E-state index < -0.39 is 0 Å². The smallest absolute Gasteiger partial charge is 0.227 e. The van der Waals surface area contributed by atoms with Crippen molar-refractivity contribution in [2.24, 2.45) is 0 Å². The SMILES string of the molecule is Cc1cccc(C[NH+]2CCN(C(=O)CCc3nc(-c4ccc(F)cc4)no3)CC2)c1. The molecule has 7 heteroatoms. The number of aromatic nitrogens is 2. The van der Waals surface area contributed by atoms with Crippen molar-refractivity contribution in [3.63, 3.8) is 0 Å². The van der Waals surface area contributed by atoms with Crippen LogP contribution in [0.1, 0.15) is 23.4 Å². The number of nitrogens with one attached hydrogen (secondary N) is 1. The van der Waals surface area contributed by atoms with Crippen LogP contribution in [-0.2, 0) is 17.8 Å². The fourth-order valence-electron chi connectivity index (χ4n) is 3.80. The zero-order chi connectivity index (χ0) is 20.9. The number of nitrogens with zero attached hydrogens (tertiary/aromatic N) is 3. The van der Waals surface area contributed by atoms with Crippen molar-refractivity contribution in [3.05, 3.63) is 71.4 Å². The molecule has 1 N–H and O–H groups in total. The third-order valence-corrected chi connectivity index (χ3v) is 5.48. The summed E-state index contributed by atoms with van der Waals surface area (Å²) >= 11 is 0. The molecule has 0 aliphatic carbocycles. The van der Waals surface area contributed by atoms with E-state index in [-0.39, 0.29) is 11.7 Å². The zero-order valence-electron chi connectivity index (χ0n) is 17.1. The van der Waals surface area contributed by atoms with E-state index in [1.54, 1.807) is 12.1 Å². The van der Waals surface area contributed by atoms with Crippen LogP contribution in [-0.4, -0.2) is 47.1 Å². The number of piperazine rings is 1. The summed E-state index contributed by atoms with van der Waals surface area (Å²) in [6, 6.07) is 14.5. The van der Waals surface area contributed by atoms with E-state index in [0.29, 0.717) is 30.1 Å².